The van der Waals surface area contributed by atoms with Gasteiger partial charge < -0.3 is 9.47 Å². The third kappa shape index (κ3) is 6.27. The highest BCUT2D eigenvalue weighted by Gasteiger charge is 2.25. The van der Waals surface area contributed by atoms with E-state index in [2.05, 4.69) is 13.8 Å². The number of ether oxygens (including phenoxy) is 2. The first-order valence-electron chi connectivity index (χ1n) is 9.22. The Kier molecular flexibility index (Phi) is 10.9. The van der Waals surface area contributed by atoms with E-state index in [0.29, 0.717) is 13.2 Å². The van der Waals surface area contributed by atoms with Crippen molar-refractivity contribution in [2.75, 3.05) is 13.2 Å². The molecule has 0 N–H and O–H groups in total. The van der Waals surface area contributed by atoms with Crippen molar-refractivity contribution >= 4 is 23.2 Å². The number of hydrogen-bond donors (Lipinski definition) is 0. The fraction of sp³-hybridized carbons (Fsp3) is 0.600. The molecule has 4 nitrogen and oxygen atoms in total. The summed E-state index contributed by atoms with van der Waals surface area (Å²) in [7, 11) is 0. The molecule has 0 heterocycles. The second-order valence-electron chi connectivity index (χ2n) is 6.08. The highest BCUT2D eigenvalue weighted by Crippen LogP contribution is 2.45. The van der Waals surface area contributed by atoms with Crippen molar-refractivity contribution in [3.8, 4) is 23.6 Å². The number of hydrogen-bond acceptors (Lipinski definition) is 4. The number of nitrogens with zero attached hydrogens (tertiary/aromatic N) is 2. The normalized spacial score (nSPS) is 10.2. The molecule has 0 saturated heterocycles. The molecule has 0 aliphatic carbocycles. The zero-order valence-electron chi connectivity index (χ0n) is 15.5. The molecule has 1 aromatic rings. The van der Waals surface area contributed by atoms with Gasteiger partial charge in [0.1, 0.15) is 33.3 Å². The topological polar surface area (TPSA) is 66.0 Å². The molecular formula is C20H26Cl2N2O2. The monoisotopic (exact) mass is 396 g/mol. The van der Waals surface area contributed by atoms with Crippen LogP contribution in [0, 0.1) is 22.7 Å². The number of unbranched alkanes of at least 4 members (excludes halogenated alkanes) is 6. The summed E-state index contributed by atoms with van der Waals surface area (Å²) in [6.45, 7) is 5.11. The van der Waals surface area contributed by atoms with Crippen molar-refractivity contribution < 1.29 is 9.47 Å². The van der Waals surface area contributed by atoms with Gasteiger partial charge in [0.25, 0.3) is 0 Å². The van der Waals surface area contributed by atoms with Gasteiger partial charge in [-0.25, -0.2) is 0 Å². The first-order chi connectivity index (χ1) is 12.6. The summed E-state index contributed by atoms with van der Waals surface area (Å²) in [6, 6.07) is 4.03. The lowest BCUT2D eigenvalue weighted by molar-refractivity contribution is 0.296. The second-order valence-corrected chi connectivity index (χ2v) is 6.83. The van der Waals surface area contributed by atoms with Crippen LogP contribution in [-0.2, 0) is 0 Å². The van der Waals surface area contributed by atoms with Crippen molar-refractivity contribution in [1.82, 2.24) is 0 Å². The molecule has 0 atom stereocenters. The van der Waals surface area contributed by atoms with Gasteiger partial charge in [-0.15, -0.1) is 0 Å². The van der Waals surface area contributed by atoms with E-state index in [-0.39, 0.29) is 32.7 Å². The quantitative estimate of drug-likeness (QED) is 0.370. The van der Waals surface area contributed by atoms with E-state index in [9.17, 15) is 10.5 Å². The zero-order chi connectivity index (χ0) is 19.4. The molecule has 0 radical (unpaired) electrons. The molecule has 1 rings (SSSR count). The van der Waals surface area contributed by atoms with E-state index in [0.717, 1.165) is 51.4 Å². The fourth-order valence-electron chi connectivity index (χ4n) is 2.54. The van der Waals surface area contributed by atoms with Crippen LogP contribution in [0.3, 0.4) is 0 Å². The molecule has 0 saturated carbocycles. The summed E-state index contributed by atoms with van der Waals surface area (Å²) in [5.74, 6) is 0.344. The lowest BCUT2D eigenvalue weighted by Gasteiger charge is -2.16. The molecule has 0 fully saturated rings. The van der Waals surface area contributed by atoms with Crippen LogP contribution < -0.4 is 9.47 Å². The van der Waals surface area contributed by atoms with Crippen LogP contribution >= 0.6 is 23.2 Å². The van der Waals surface area contributed by atoms with Gasteiger partial charge in [-0.3, -0.25) is 0 Å². The van der Waals surface area contributed by atoms with Crippen LogP contribution in [-0.4, -0.2) is 13.2 Å². The second kappa shape index (κ2) is 12.7. The van der Waals surface area contributed by atoms with E-state index < -0.39 is 0 Å². The molecular weight excluding hydrogens is 371 g/mol. The van der Waals surface area contributed by atoms with Gasteiger partial charge >= 0.3 is 0 Å². The minimum Gasteiger partial charge on any atom is -0.491 e. The van der Waals surface area contributed by atoms with Crippen LogP contribution in [0.2, 0.25) is 10.0 Å². The summed E-state index contributed by atoms with van der Waals surface area (Å²) >= 11 is 12.6. The Bertz CT molecular complexity index is 606. The molecule has 0 amide bonds. The van der Waals surface area contributed by atoms with E-state index in [1.165, 1.54) is 0 Å². The Labute approximate surface area is 166 Å². The Morgan fingerprint density at radius 1 is 0.692 bits per heavy atom. The smallest absolute Gasteiger partial charge is 0.158 e. The van der Waals surface area contributed by atoms with E-state index in [1.807, 2.05) is 12.1 Å². The average molecular weight is 397 g/mol. The standard InChI is InChI=1S/C20H26Cl2N2O2/c1-3-5-7-9-11-25-19-15(13-23)16(14-24)20(18(22)17(19)21)26-12-10-8-6-4-2/h3-12H2,1-2H3. The van der Waals surface area contributed by atoms with Gasteiger partial charge in [-0.05, 0) is 12.8 Å². The molecule has 1 aromatic carbocycles. The van der Waals surface area contributed by atoms with Gasteiger partial charge in [0.05, 0.1) is 13.2 Å². The average Bonchev–Trinajstić information content (AvgIpc) is 2.65. The van der Waals surface area contributed by atoms with Gasteiger partial charge in [-0.2, -0.15) is 10.5 Å². The molecule has 0 bridgehead atoms. The molecule has 26 heavy (non-hydrogen) atoms. The largest absolute Gasteiger partial charge is 0.491 e. The predicted octanol–water partition coefficient (Wildman–Crippen LogP) is 6.65. The predicted molar refractivity (Wildman–Crippen MR) is 105 cm³/mol. The fourth-order valence-corrected chi connectivity index (χ4v) is 3.01. The summed E-state index contributed by atoms with van der Waals surface area (Å²) in [6.07, 6.45) is 8.27. The van der Waals surface area contributed by atoms with E-state index in [4.69, 9.17) is 32.7 Å². The van der Waals surface area contributed by atoms with Crippen LogP contribution in [0.25, 0.3) is 0 Å². The van der Waals surface area contributed by atoms with Crippen LogP contribution in [0.1, 0.15) is 76.3 Å². The summed E-state index contributed by atoms with van der Waals surface area (Å²) < 4.78 is 11.4. The minimum absolute atomic E-state index is 0.0842. The molecule has 0 unspecified atom stereocenters. The Hall–Kier alpha value is -1.62. The lowest BCUT2D eigenvalue weighted by atomic mass is 10.1. The molecule has 6 heteroatoms. The molecule has 0 spiro atoms. The van der Waals surface area contributed by atoms with Crippen molar-refractivity contribution in [2.45, 2.75) is 65.2 Å². The number of nitriles is 2. The van der Waals surface area contributed by atoms with Crippen molar-refractivity contribution in [3.63, 3.8) is 0 Å². The van der Waals surface area contributed by atoms with Gasteiger partial charge in [0.15, 0.2) is 11.5 Å². The van der Waals surface area contributed by atoms with Crippen LogP contribution in [0.15, 0.2) is 0 Å². The van der Waals surface area contributed by atoms with Crippen LogP contribution in [0.4, 0.5) is 0 Å². The number of benzene rings is 1. The molecule has 0 aromatic heterocycles. The Morgan fingerprint density at radius 2 is 1.08 bits per heavy atom. The summed E-state index contributed by atoms with van der Waals surface area (Å²) in [5, 5.41) is 19.3. The molecule has 0 aliphatic rings. The maximum absolute atomic E-state index is 9.51. The summed E-state index contributed by atoms with van der Waals surface area (Å²) in [5.41, 5.74) is 0.168. The lowest BCUT2D eigenvalue weighted by Crippen LogP contribution is -2.06. The van der Waals surface area contributed by atoms with Gasteiger partial charge in [-0.1, -0.05) is 75.6 Å². The third-order valence-electron chi connectivity index (χ3n) is 4.01. The maximum Gasteiger partial charge on any atom is 0.158 e. The highest BCUT2D eigenvalue weighted by molar-refractivity contribution is 6.44. The third-order valence-corrected chi connectivity index (χ3v) is 4.83. The SMILES string of the molecule is CCCCCCOc1c(Cl)c(Cl)c(OCCCCCC)c(C#N)c1C#N. The van der Waals surface area contributed by atoms with E-state index in [1.54, 1.807) is 0 Å². The van der Waals surface area contributed by atoms with E-state index >= 15 is 0 Å². The van der Waals surface area contributed by atoms with Crippen molar-refractivity contribution in [1.29, 1.82) is 10.5 Å². The van der Waals surface area contributed by atoms with Crippen LogP contribution in [0.5, 0.6) is 11.5 Å². The highest BCUT2D eigenvalue weighted by atomic mass is 35.5. The first kappa shape index (κ1) is 22.4. The maximum atomic E-state index is 9.51. The number of rotatable bonds is 12. The van der Waals surface area contributed by atoms with Crippen molar-refractivity contribution in [3.05, 3.63) is 21.2 Å². The number of halogens is 2. The molecule has 0 aliphatic heterocycles. The minimum atomic E-state index is 0.0842. The molecule has 142 valence electrons. The first-order valence-corrected chi connectivity index (χ1v) is 9.98. The van der Waals surface area contributed by atoms with Gasteiger partial charge in [0, 0.05) is 0 Å². The van der Waals surface area contributed by atoms with Gasteiger partial charge in [0.2, 0.25) is 0 Å². The Balaban J connectivity index is 2.99. The van der Waals surface area contributed by atoms with Crippen molar-refractivity contribution in [2.24, 2.45) is 0 Å². The Morgan fingerprint density at radius 3 is 1.38 bits per heavy atom. The summed E-state index contributed by atoms with van der Waals surface area (Å²) in [4.78, 5) is 0. The zero-order valence-corrected chi connectivity index (χ0v) is 17.0.